The van der Waals surface area contributed by atoms with Gasteiger partial charge in [-0.25, -0.2) is 4.39 Å². The SMILES string of the molecule is CC(N)(CCCCOc1ccc(F)cc1[N+](=O)[O-])C(=O)O. The maximum absolute atomic E-state index is 12.9. The number of halogens is 1. The van der Waals surface area contributed by atoms with Gasteiger partial charge in [0.15, 0.2) is 5.75 Å². The van der Waals surface area contributed by atoms with Crippen LogP contribution >= 0.6 is 0 Å². The Morgan fingerprint density at radius 3 is 2.76 bits per heavy atom. The van der Waals surface area contributed by atoms with Crippen LogP contribution < -0.4 is 10.5 Å². The lowest BCUT2D eigenvalue weighted by Gasteiger charge is -2.18. The molecule has 1 atom stereocenters. The van der Waals surface area contributed by atoms with Crippen molar-refractivity contribution in [2.45, 2.75) is 31.7 Å². The molecule has 0 bridgehead atoms. The highest BCUT2D eigenvalue weighted by Gasteiger charge is 2.26. The third-order valence-electron chi connectivity index (χ3n) is 2.95. The van der Waals surface area contributed by atoms with E-state index in [9.17, 15) is 19.3 Å². The standard InChI is InChI=1S/C13H17FN2O5/c1-13(15,12(17)18)6-2-3-7-21-11-5-4-9(14)8-10(11)16(19)20/h4-5,8H,2-3,6-7,15H2,1H3,(H,17,18). The molecule has 0 heterocycles. The van der Waals surface area contributed by atoms with Gasteiger partial charge in [-0.05, 0) is 38.3 Å². The van der Waals surface area contributed by atoms with Crippen molar-refractivity contribution in [2.24, 2.45) is 5.73 Å². The van der Waals surface area contributed by atoms with Crippen molar-refractivity contribution in [3.05, 3.63) is 34.1 Å². The number of carboxylic acids is 1. The predicted octanol–water partition coefficient (Wildman–Crippen LogP) is 2.08. The first-order chi connectivity index (χ1) is 9.74. The zero-order valence-electron chi connectivity index (χ0n) is 11.5. The smallest absolute Gasteiger partial charge is 0.323 e. The number of rotatable bonds is 8. The number of ether oxygens (including phenoxy) is 1. The fraction of sp³-hybridized carbons (Fsp3) is 0.462. The Hall–Kier alpha value is -2.22. The van der Waals surface area contributed by atoms with Gasteiger partial charge in [-0.15, -0.1) is 0 Å². The van der Waals surface area contributed by atoms with E-state index < -0.39 is 27.9 Å². The van der Waals surface area contributed by atoms with Crippen LogP contribution in [0, 0.1) is 15.9 Å². The van der Waals surface area contributed by atoms with Crippen LogP contribution in [0.4, 0.5) is 10.1 Å². The van der Waals surface area contributed by atoms with Crippen molar-refractivity contribution >= 4 is 11.7 Å². The van der Waals surface area contributed by atoms with Crippen molar-refractivity contribution in [1.82, 2.24) is 0 Å². The van der Waals surface area contributed by atoms with E-state index in [1.54, 1.807) is 0 Å². The molecule has 0 saturated heterocycles. The van der Waals surface area contributed by atoms with Gasteiger partial charge in [-0.1, -0.05) is 0 Å². The Labute approximate surface area is 120 Å². The number of carboxylic acid groups (broad SMARTS) is 1. The third kappa shape index (κ3) is 4.99. The number of nitro benzene ring substituents is 1. The number of nitrogens with two attached hydrogens (primary N) is 1. The number of aliphatic carboxylic acids is 1. The molecule has 0 aliphatic heterocycles. The molecule has 0 spiro atoms. The number of nitrogens with zero attached hydrogens (tertiary/aromatic N) is 1. The summed E-state index contributed by atoms with van der Waals surface area (Å²) in [6.45, 7) is 1.57. The highest BCUT2D eigenvalue weighted by Crippen LogP contribution is 2.27. The van der Waals surface area contributed by atoms with Crippen molar-refractivity contribution in [2.75, 3.05) is 6.61 Å². The van der Waals surface area contributed by atoms with Crippen LogP contribution in [0.25, 0.3) is 0 Å². The Morgan fingerprint density at radius 1 is 1.52 bits per heavy atom. The average molecular weight is 300 g/mol. The maximum atomic E-state index is 12.9. The first kappa shape index (κ1) is 16.8. The summed E-state index contributed by atoms with van der Waals surface area (Å²) in [5.74, 6) is -1.82. The van der Waals surface area contributed by atoms with Crippen LogP contribution in [0.1, 0.15) is 26.2 Å². The van der Waals surface area contributed by atoms with E-state index in [2.05, 4.69) is 0 Å². The van der Waals surface area contributed by atoms with E-state index >= 15 is 0 Å². The van der Waals surface area contributed by atoms with E-state index in [1.165, 1.54) is 13.0 Å². The summed E-state index contributed by atoms with van der Waals surface area (Å²) in [6.07, 6.45) is 1.24. The number of hydrogen-bond donors (Lipinski definition) is 2. The van der Waals surface area contributed by atoms with Gasteiger partial charge in [-0.2, -0.15) is 0 Å². The topological polar surface area (TPSA) is 116 Å². The number of benzene rings is 1. The van der Waals surface area contributed by atoms with Gasteiger partial charge < -0.3 is 15.6 Å². The lowest BCUT2D eigenvalue weighted by atomic mass is 9.97. The molecule has 0 saturated carbocycles. The van der Waals surface area contributed by atoms with Crippen molar-refractivity contribution in [3.63, 3.8) is 0 Å². The van der Waals surface area contributed by atoms with Crippen LogP contribution in [0.15, 0.2) is 18.2 Å². The minimum absolute atomic E-state index is 0.0184. The Balaban J connectivity index is 2.47. The fourth-order valence-corrected chi connectivity index (χ4v) is 1.64. The molecule has 7 nitrogen and oxygen atoms in total. The van der Waals surface area contributed by atoms with E-state index in [1.807, 2.05) is 0 Å². The van der Waals surface area contributed by atoms with Crippen molar-refractivity contribution < 1.29 is 24.0 Å². The molecule has 3 N–H and O–H groups in total. The zero-order valence-corrected chi connectivity index (χ0v) is 11.5. The molecule has 0 fully saturated rings. The lowest BCUT2D eigenvalue weighted by Crippen LogP contribution is -2.44. The summed E-state index contributed by atoms with van der Waals surface area (Å²) >= 11 is 0. The molecule has 1 unspecified atom stereocenters. The van der Waals surface area contributed by atoms with Crippen LogP contribution in [0.3, 0.4) is 0 Å². The molecular formula is C13H17FN2O5. The largest absolute Gasteiger partial charge is 0.487 e. The van der Waals surface area contributed by atoms with Crippen LogP contribution in [0.5, 0.6) is 5.75 Å². The molecule has 1 rings (SSSR count). The molecule has 0 aromatic heterocycles. The minimum atomic E-state index is -1.30. The lowest BCUT2D eigenvalue weighted by molar-refractivity contribution is -0.386. The normalized spacial score (nSPS) is 13.5. The average Bonchev–Trinajstić information content (AvgIpc) is 2.39. The summed E-state index contributed by atoms with van der Waals surface area (Å²) in [7, 11) is 0. The van der Waals surface area contributed by atoms with E-state index in [0.717, 1.165) is 12.1 Å². The van der Waals surface area contributed by atoms with Crippen LogP contribution in [-0.4, -0.2) is 28.1 Å². The van der Waals surface area contributed by atoms with Gasteiger partial charge in [0, 0.05) is 0 Å². The first-order valence-corrected chi connectivity index (χ1v) is 6.33. The van der Waals surface area contributed by atoms with E-state index in [0.29, 0.717) is 12.8 Å². The van der Waals surface area contributed by atoms with Gasteiger partial charge in [0.1, 0.15) is 11.4 Å². The van der Waals surface area contributed by atoms with Crippen molar-refractivity contribution in [1.29, 1.82) is 0 Å². The second kappa shape index (κ2) is 6.98. The highest BCUT2D eigenvalue weighted by atomic mass is 19.1. The van der Waals surface area contributed by atoms with Crippen molar-refractivity contribution in [3.8, 4) is 5.75 Å². The predicted molar refractivity (Wildman–Crippen MR) is 72.6 cm³/mol. The fourth-order valence-electron chi connectivity index (χ4n) is 1.64. The van der Waals surface area contributed by atoms with Gasteiger partial charge in [0.2, 0.25) is 0 Å². The maximum Gasteiger partial charge on any atom is 0.323 e. The number of carbonyl (C=O) groups is 1. The molecule has 21 heavy (non-hydrogen) atoms. The quantitative estimate of drug-likeness (QED) is 0.431. The second-order valence-electron chi connectivity index (χ2n) is 4.90. The first-order valence-electron chi connectivity index (χ1n) is 6.33. The van der Waals surface area contributed by atoms with E-state index in [4.69, 9.17) is 15.6 Å². The van der Waals surface area contributed by atoms with Gasteiger partial charge in [0.05, 0.1) is 17.6 Å². The highest BCUT2D eigenvalue weighted by molar-refractivity contribution is 5.77. The monoisotopic (exact) mass is 300 g/mol. The van der Waals surface area contributed by atoms with Gasteiger partial charge >= 0.3 is 11.7 Å². The van der Waals surface area contributed by atoms with Crippen LogP contribution in [0.2, 0.25) is 0 Å². The molecule has 0 aliphatic carbocycles. The summed E-state index contributed by atoms with van der Waals surface area (Å²) in [5.41, 5.74) is 3.82. The summed E-state index contributed by atoms with van der Waals surface area (Å²) in [4.78, 5) is 20.8. The summed E-state index contributed by atoms with van der Waals surface area (Å²) in [5, 5.41) is 19.6. The van der Waals surface area contributed by atoms with Crippen LogP contribution in [-0.2, 0) is 4.79 Å². The minimum Gasteiger partial charge on any atom is -0.487 e. The number of hydrogen-bond acceptors (Lipinski definition) is 5. The number of nitro groups is 1. The molecule has 0 amide bonds. The number of unbranched alkanes of at least 4 members (excludes halogenated alkanes) is 1. The summed E-state index contributed by atoms with van der Waals surface area (Å²) < 4.78 is 18.2. The molecule has 0 aliphatic rings. The molecule has 8 heteroatoms. The zero-order chi connectivity index (χ0) is 16.0. The Kier molecular flexibility index (Phi) is 5.60. The van der Waals surface area contributed by atoms with Gasteiger partial charge in [-0.3, -0.25) is 14.9 Å². The Morgan fingerprint density at radius 2 is 2.19 bits per heavy atom. The molecule has 0 radical (unpaired) electrons. The second-order valence-corrected chi connectivity index (χ2v) is 4.90. The third-order valence-corrected chi connectivity index (χ3v) is 2.95. The molecular weight excluding hydrogens is 283 g/mol. The van der Waals surface area contributed by atoms with Gasteiger partial charge in [0.25, 0.3) is 0 Å². The Bertz CT molecular complexity index is 533. The molecule has 1 aromatic carbocycles. The summed E-state index contributed by atoms with van der Waals surface area (Å²) in [6, 6.07) is 3.05. The molecule has 116 valence electrons. The molecule has 1 aromatic rings. The van der Waals surface area contributed by atoms with E-state index in [-0.39, 0.29) is 18.8 Å².